The van der Waals surface area contributed by atoms with Crippen molar-refractivity contribution in [3.8, 4) is 0 Å². The highest BCUT2D eigenvalue weighted by Crippen LogP contribution is 2.38. The van der Waals surface area contributed by atoms with Crippen LogP contribution in [0.1, 0.15) is 108 Å². The summed E-state index contributed by atoms with van der Waals surface area (Å²) in [6.07, 6.45) is 41.2. The number of nitrogens with one attached hydrogen (secondary N) is 4. The van der Waals surface area contributed by atoms with Crippen LogP contribution in [0.4, 0.5) is 21.5 Å². The summed E-state index contributed by atoms with van der Waals surface area (Å²) in [6.45, 7) is 39.2. The molecule has 0 bridgehead atoms. The maximum atomic E-state index is 6.07. The van der Waals surface area contributed by atoms with Crippen molar-refractivity contribution < 1.29 is 0 Å². The van der Waals surface area contributed by atoms with Crippen LogP contribution in [0.2, 0.25) is 0 Å². The van der Waals surface area contributed by atoms with Gasteiger partial charge < -0.3 is 47.4 Å². The number of rotatable bonds is 17. The fraction of sp³-hybridized carbons (Fsp3) is 0.236. The predicted molar refractivity (Wildman–Crippen MR) is 365 cm³/mol. The molecule has 6 aliphatic rings. The molecule has 0 radical (unpaired) electrons. The first-order chi connectivity index (χ1) is 40.5. The second kappa shape index (κ2) is 30.5. The topological polar surface area (TPSA) is 123 Å². The molecule has 0 spiro atoms. The lowest BCUT2D eigenvalue weighted by atomic mass is 10.0. The largest absolute Gasteiger partial charge is 0.400 e. The predicted octanol–water partition coefficient (Wildman–Crippen LogP) is 18.1. The van der Waals surface area contributed by atoms with Gasteiger partial charge in [0.1, 0.15) is 0 Å². The van der Waals surface area contributed by atoms with Gasteiger partial charge in [0, 0.05) is 83.2 Å². The number of thiophene rings is 1. The molecule has 0 unspecified atom stereocenters. The van der Waals surface area contributed by atoms with Crippen LogP contribution in [0.25, 0.3) is 11.4 Å². The number of allylic oxidation sites excluding steroid dienone is 19. The van der Waals surface area contributed by atoms with Gasteiger partial charge in [0.25, 0.3) is 0 Å². The number of nitrogens with zero attached hydrogens (tertiary/aromatic N) is 4. The summed E-state index contributed by atoms with van der Waals surface area (Å²) in [4.78, 5) is 13.6. The van der Waals surface area contributed by atoms with Gasteiger partial charge >= 0.3 is 0 Å². The molecule has 84 heavy (non-hydrogen) atoms. The number of thiazole rings is 1. The number of aryl methyl sites for hydroxylation is 2. The molecule has 10 rings (SSSR count). The number of hydrogen-bond donors (Lipinski definition) is 6. The molecular formula is C72H86N10S2. The van der Waals surface area contributed by atoms with E-state index in [-0.39, 0.29) is 0 Å². The van der Waals surface area contributed by atoms with Gasteiger partial charge in [-0.2, -0.15) is 0 Å². The molecule has 2 aromatic heterocycles. The van der Waals surface area contributed by atoms with Gasteiger partial charge in [-0.05, 0) is 174 Å². The lowest BCUT2D eigenvalue weighted by Crippen LogP contribution is -2.25. The Hall–Kier alpha value is -8.71. The van der Waals surface area contributed by atoms with Gasteiger partial charge in [-0.3, -0.25) is 0 Å². The van der Waals surface area contributed by atoms with Gasteiger partial charge in [-0.15, -0.1) is 11.3 Å². The van der Waals surface area contributed by atoms with Crippen molar-refractivity contribution in [3.63, 3.8) is 0 Å². The van der Waals surface area contributed by atoms with Crippen LogP contribution in [0.15, 0.2) is 270 Å². The average Bonchev–Trinajstić information content (AvgIpc) is 4.53. The Kier molecular flexibility index (Phi) is 22.9. The van der Waals surface area contributed by atoms with E-state index in [0.29, 0.717) is 5.69 Å². The van der Waals surface area contributed by atoms with Gasteiger partial charge in [-0.1, -0.05) is 143 Å². The minimum atomic E-state index is 0.691. The smallest absolute Gasteiger partial charge is 0.188 e. The zero-order valence-electron chi connectivity index (χ0n) is 50.7. The van der Waals surface area contributed by atoms with E-state index < -0.39 is 0 Å². The lowest BCUT2D eigenvalue weighted by Gasteiger charge is -2.30. The van der Waals surface area contributed by atoms with E-state index in [0.717, 1.165) is 128 Å². The number of anilines is 4. The molecule has 2 aromatic carbocycles. The van der Waals surface area contributed by atoms with Gasteiger partial charge in [0.15, 0.2) is 5.13 Å². The summed E-state index contributed by atoms with van der Waals surface area (Å²) in [5, 5.41) is 15.1. The first-order valence-corrected chi connectivity index (χ1v) is 30.6. The fourth-order valence-electron chi connectivity index (χ4n) is 10.2. The number of para-hydroxylation sites is 2. The summed E-state index contributed by atoms with van der Waals surface area (Å²) in [7, 11) is 0. The molecule has 0 fully saturated rings. The van der Waals surface area contributed by atoms with Gasteiger partial charge in [0.2, 0.25) is 0 Å². The maximum Gasteiger partial charge on any atom is 0.188 e. The van der Waals surface area contributed by atoms with Crippen molar-refractivity contribution in [2.75, 3.05) is 29.5 Å². The lowest BCUT2D eigenvalue weighted by molar-refractivity contribution is 0.432. The van der Waals surface area contributed by atoms with Crippen molar-refractivity contribution in [1.82, 2.24) is 30.3 Å². The zero-order valence-corrected chi connectivity index (χ0v) is 52.3. The second-order valence-corrected chi connectivity index (χ2v) is 23.0. The molecular weight excluding hydrogens is 1070 g/mol. The van der Waals surface area contributed by atoms with E-state index in [1.165, 1.54) is 51.4 Å². The summed E-state index contributed by atoms with van der Waals surface area (Å²) in [5.41, 5.74) is 34.4. The molecule has 0 saturated heterocycles. The third-order valence-electron chi connectivity index (χ3n) is 14.8. The van der Waals surface area contributed by atoms with Crippen LogP contribution in [-0.2, 0) is 12.8 Å². The summed E-state index contributed by atoms with van der Waals surface area (Å²) >= 11 is 3.24. The second-order valence-electron chi connectivity index (χ2n) is 20.9. The van der Waals surface area contributed by atoms with Crippen molar-refractivity contribution in [2.45, 2.75) is 100 Å². The van der Waals surface area contributed by atoms with Crippen molar-refractivity contribution >= 4 is 55.6 Å². The number of nitrogen functional groups attached to an aromatic ring is 1. The molecule has 0 atom stereocenters. The van der Waals surface area contributed by atoms with Crippen LogP contribution in [0, 0.1) is 0 Å². The third kappa shape index (κ3) is 16.7. The molecule has 4 aromatic rings. The Balaban J connectivity index is 0.000000189. The van der Waals surface area contributed by atoms with Crippen LogP contribution in [-0.4, -0.2) is 32.8 Å². The van der Waals surface area contributed by atoms with E-state index in [1.807, 2.05) is 67.7 Å². The molecule has 3 aliphatic carbocycles. The molecule has 5 heterocycles. The van der Waals surface area contributed by atoms with E-state index in [1.54, 1.807) is 28.2 Å². The Morgan fingerprint density at radius 3 is 2.12 bits per heavy atom. The van der Waals surface area contributed by atoms with Crippen LogP contribution >= 0.6 is 22.7 Å². The highest BCUT2D eigenvalue weighted by molar-refractivity contribution is 7.19. The molecule has 436 valence electrons. The van der Waals surface area contributed by atoms with Crippen molar-refractivity contribution in [3.05, 3.63) is 291 Å². The summed E-state index contributed by atoms with van der Waals surface area (Å²) in [6, 6.07) is 20.4. The van der Waals surface area contributed by atoms with Gasteiger partial charge in [0.05, 0.1) is 43.2 Å². The quantitative estimate of drug-likeness (QED) is 0.0450. The number of aromatic nitrogens is 1. The highest BCUT2D eigenvalue weighted by atomic mass is 32.1. The van der Waals surface area contributed by atoms with Crippen molar-refractivity contribution in [2.24, 2.45) is 5.73 Å². The maximum absolute atomic E-state index is 6.07. The van der Waals surface area contributed by atoms with E-state index >= 15 is 0 Å². The zero-order chi connectivity index (χ0) is 60.3. The Bertz CT molecular complexity index is 3520. The Morgan fingerprint density at radius 2 is 1.45 bits per heavy atom. The highest BCUT2D eigenvalue weighted by Gasteiger charge is 2.26. The van der Waals surface area contributed by atoms with E-state index in [9.17, 15) is 0 Å². The Labute approximate surface area is 509 Å². The van der Waals surface area contributed by atoms with E-state index in [2.05, 4.69) is 220 Å². The minimum absolute atomic E-state index is 0.691. The molecule has 8 N–H and O–H groups in total. The first-order valence-electron chi connectivity index (χ1n) is 29.0. The normalized spacial score (nSPS) is 16.5. The van der Waals surface area contributed by atoms with Crippen LogP contribution < -0.4 is 32.7 Å². The Morgan fingerprint density at radius 1 is 0.726 bits per heavy atom. The number of hydrogen-bond acceptors (Lipinski definition) is 12. The number of nitrogens with two attached hydrogens (primary N) is 2. The molecule has 10 nitrogen and oxygen atoms in total. The first kappa shape index (κ1) is 62.9. The molecule has 3 aliphatic heterocycles. The van der Waals surface area contributed by atoms with Crippen molar-refractivity contribution in [1.29, 1.82) is 0 Å². The third-order valence-corrected chi connectivity index (χ3v) is 16.8. The molecule has 0 amide bonds. The minimum Gasteiger partial charge on any atom is -0.400 e. The van der Waals surface area contributed by atoms with Crippen LogP contribution in [0.5, 0.6) is 0 Å². The van der Waals surface area contributed by atoms with Gasteiger partial charge in [-0.25, -0.2) is 4.98 Å². The SMILES string of the molecule is C=C(C)NC1=CC=C(C(=C)NC2=C(N)CCC=C2)C1.C=C(Nc1ccccc1N)c1ccc(Nc2ncc(/C(=C/C)N3C=C(N4CC5=C(CCC=C5)C4)C=CC3=C)s2)s1.C=C1C=CC=C(C)N1C(=C\C)/C(C)=C/C.CCc1ccccc1CC. The van der Waals surface area contributed by atoms with Crippen LogP contribution in [0.3, 0.4) is 0 Å². The number of benzene rings is 2. The average molecular weight is 1160 g/mol. The summed E-state index contributed by atoms with van der Waals surface area (Å²) < 4.78 is 0. The molecule has 0 saturated carbocycles. The molecule has 12 heteroatoms. The summed E-state index contributed by atoms with van der Waals surface area (Å²) in [5.74, 6) is 0. The standard InChI is InChI=1S/C32H32N6S2.C16H21N3.C14H19N.C10H14/c1-4-28(38-20-25(14-13-21(38)2)37-18-23-9-5-6-10-24(23)19-37)30-17-34-32(40-30)36-31-16-15-29(39-31)22(3)35-27-12-8-7-11-26(27)33;1-11(2)18-14-9-8-13(10-14)12(3)19-16-7-5-4-6-15(16)17;1-6-11(3)14(7-2)15-12(4)9-8-10-13(15)5;1-3-9-7-5-6-8-10(9)4-2/h4-5,7-9,11-17,20,35H,2-3,6,10,18-19,33H2,1H3,(H,34,36);5,7-9,18-19H,1,3-4,6,10,17H2,2H3;6-10H,4H2,1-3,5H3;5-8H,3-4H2,1-2H3/b28-4-;;11-6+,14-7-;. The fourth-order valence-corrected chi connectivity index (χ4v) is 12.0. The monoisotopic (exact) mass is 1150 g/mol. The van der Waals surface area contributed by atoms with E-state index in [4.69, 9.17) is 11.5 Å².